The van der Waals surface area contributed by atoms with Gasteiger partial charge in [0.05, 0.1) is 27.8 Å². The van der Waals surface area contributed by atoms with Crippen molar-refractivity contribution in [1.29, 1.82) is 0 Å². The van der Waals surface area contributed by atoms with E-state index in [4.69, 9.17) is 32.7 Å². The molecule has 0 saturated carbocycles. The summed E-state index contributed by atoms with van der Waals surface area (Å²) in [6.07, 6.45) is 0. The molecule has 6 heteroatoms. The van der Waals surface area contributed by atoms with E-state index in [2.05, 4.69) is 0 Å². The lowest BCUT2D eigenvalue weighted by Gasteiger charge is -2.07. The van der Waals surface area contributed by atoms with Crippen LogP contribution in [0.2, 0.25) is 10.0 Å². The Morgan fingerprint density at radius 1 is 0.955 bits per heavy atom. The Morgan fingerprint density at radius 3 is 2.36 bits per heavy atom. The number of carbonyl (C=O) groups is 2. The standard InChI is InChI=1S/C16H12Cl2O4/c1-2-21-15(19)10-4-3-5-12(8-10)22-16(20)11-6-7-13(17)14(18)9-11/h3-9H,2H2,1H3. The molecule has 0 N–H and O–H groups in total. The van der Waals surface area contributed by atoms with Crippen molar-refractivity contribution in [2.75, 3.05) is 6.61 Å². The van der Waals surface area contributed by atoms with Crippen molar-refractivity contribution in [2.45, 2.75) is 6.92 Å². The highest BCUT2D eigenvalue weighted by Gasteiger charge is 2.13. The molecule has 0 saturated heterocycles. The fraction of sp³-hybridized carbons (Fsp3) is 0.125. The maximum Gasteiger partial charge on any atom is 0.343 e. The predicted octanol–water partition coefficient (Wildman–Crippen LogP) is 4.39. The van der Waals surface area contributed by atoms with E-state index in [0.29, 0.717) is 10.6 Å². The number of hydrogen-bond donors (Lipinski definition) is 0. The molecule has 2 aromatic rings. The zero-order valence-electron chi connectivity index (χ0n) is 11.6. The average Bonchev–Trinajstić information content (AvgIpc) is 2.50. The molecule has 4 nitrogen and oxygen atoms in total. The number of carbonyl (C=O) groups excluding carboxylic acids is 2. The average molecular weight is 339 g/mol. The summed E-state index contributed by atoms with van der Waals surface area (Å²) in [7, 11) is 0. The number of esters is 2. The Balaban J connectivity index is 2.16. The smallest absolute Gasteiger partial charge is 0.343 e. The van der Waals surface area contributed by atoms with E-state index in [1.807, 2.05) is 0 Å². The van der Waals surface area contributed by atoms with Crippen LogP contribution in [-0.4, -0.2) is 18.5 Å². The molecule has 0 heterocycles. The largest absolute Gasteiger partial charge is 0.462 e. The highest BCUT2D eigenvalue weighted by Crippen LogP contribution is 2.23. The molecule has 0 radical (unpaired) electrons. The van der Waals surface area contributed by atoms with Gasteiger partial charge in [0.15, 0.2) is 0 Å². The lowest BCUT2D eigenvalue weighted by Crippen LogP contribution is -2.10. The van der Waals surface area contributed by atoms with Crippen LogP contribution in [0.5, 0.6) is 5.75 Å². The summed E-state index contributed by atoms with van der Waals surface area (Å²) in [5, 5.41) is 0.610. The first kappa shape index (κ1) is 16.3. The highest BCUT2D eigenvalue weighted by molar-refractivity contribution is 6.42. The molecule has 0 fully saturated rings. The van der Waals surface area contributed by atoms with Crippen LogP contribution >= 0.6 is 23.2 Å². The molecular formula is C16H12Cl2O4. The van der Waals surface area contributed by atoms with Gasteiger partial charge in [0.25, 0.3) is 0 Å². The van der Waals surface area contributed by atoms with Gasteiger partial charge < -0.3 is 9.47 Å². The van der Waals surface area contributed by atoms with Crippen molar-refractivity contribution in [3.05, 3.63) is 63.6 Å². The van der Waals surface area contributed by atoms with Gasteiger partial charge in [0.1, 0.15) is 5.75 Å². The summed E-state index contributed by atoms with van der Waals surface area (Å²) in [6, 6.07) is 10.6. The first-order valence-electron chi connectivity index (χ1n) is 6.45. The molecule has 0 amide bonds. The lowest BCUT2D eigenvalue weighted by atomic mass is 10.2. The highest BCUT2D eigenvalue weighted by atomic mass is 35.5. The first-order valence-corrected chi connectivity index (χ1v) is 7.21. The fourth-order valence-electron chi connectivity index (χ4n) is 1.69. The van der Waals surface area contributed by atoms with Gasteiger partial charge in [-0.05, 0) is 43.3 Å². The Hall–Kier alpha value is -2.04. The van der Waals surface area contributed by atoms with Gasteiger partial charge in [-0.1, -0.05) is 29.3 Å². The first-order chi connectivity index (χ1) is 10.5. The summed E-state index contributed by atoms with van der Waals surface area (Å²) in [5.41, 5.74) is 0.567. The minimum absolute atomic E-state index is 0.238. The van der Waals surface area contributed by atoms with Gasteiger partial charge in [-0.2, -0.15) is 0 Å². The second kappa shape index (κ2) is 7.29. The summed E-state index contributed by atoms with van der Waals surface area (Å²) in [4.78, 5) is 23.7. The van der Waals surface area contributed by atoms with E-state index in [-0.39, 0.29) is 22.9 Å². The van der Waals surface area contributed by atoms with Crippen LogP contribution < -0.4 is 4.74 Å². The Labute approximate surface area is 137 Å². The number of hydrogen-bond acceptors (Lipinski definition) is 4. The molecule has 2 rings (SSSR count). The van der Waals surface area contributed by atoms with Crippen molar-refractivity contribution >= 4 is 35.1 Å². The van der Waals surface area contributed by atoms with Crippen molar-refractivity contribution in [3.63, 3.8) is 0 Å². The lowest BCUT2D eigenvalue weighted by molar-refractivity contribution is 0.0524. The summed E-state index contributed by atoms with van der Waals surface area (Å²) in [5.74, 6) is -0.837. The predicted molar refractivity (Wildman–Crippen MR) is 83.8 cm³/mol. The van der Waals surface area contributed by atoms with E-state index in [0.717, 1.165) is 0 Å². The molecule has 114 valence electrons. The zero-order valence-corrected chi connectivity index (χ0v) is 13.1. The third-order valence-corrected chi connectivity index (χ3v) is 3.45. The molecule has 2 aromatic carbocycles. The number of halogens is 2. The van der Waals surface area contributed by atoms with Crippen molar-refractivity contribution in [1.82, 2.24) is 0 Å². The van der Waals surface area contributed by atoms with Gasteiger partial charge in [0, 0.05) is 0 Å². The second-order valence-electron chi connectivity index (χ2n) is 4.27. The van der Waals surface area contributed by atoms with E-state index in [9.17, 15) is 9.59 Å². The normalized spacial score (nSPS) is 10.1. The SMILES string of the molecule is CCOC(=O)c1cccc(OC(=O)c2ccc(Cl)c(Cl)c2)c1. The zero-order chi connectivity index (χ0) is 16.1. The van der Waals surface area contributed by atoms with Crippen LogP contribution in [-0.2, 0) is 4.74 Å². The summed E-state index contributed by atoms with van der Waals surface area (Å²) >= 11 is 11.7. The molecule has 0 aromatic heterocycles. The van der Waals surface area contributed by atoms with Gasteiger partial charge in [-0.15, -0.1) is 0 Å². The molecule has 0 bridgehead atoms. The minimum atomic E-state index is -0.598. The molecular weight excluding hydrogens is 327 g/mol. The van der Waals surface area contributed by atoms with Crippen molar-refractivity contribution in [3.8, 4) is 5.75 Å². The van der Waals surface area contributed by atoms with E-state index >= 15 is 0 Å². The van der Waals surface area contributed by atoms with E-state index in [1.165, 1.54) is 24.3 Å². The van der Waals surface area contributed by atoms with Crippen LogP contribution in [0.15, 0.2) is 42.5 Å². The molecule has 0 spiro atoms. The fourth-order valence-corrected chi connectivity index (χ4v) is 1.99. The Bertz CT molecular complexity index is 713. The summed E-state index contributed by atoms with van der Waals surface area (Å²) < 4.78 is 10.1. The topological polar surface area (TPSA) is 52.6 Å². The van der Waals surface area contributed by atoms with E-state index in [1.54, 1.807) is 25.1 Å². The van der Waals surface area contributed by atoms with Gasteiger partial charge >= 0.3 is 11.9 Å². The van der Waals surface area contributed by atoms with Crippen molar-refractivity contribution < 1.29 is 19.1 Å². The molecule has 0 atom stereocenters. The molecule has 0 aliphatic heterocycles. The third-order valence-electron chi connectivity index (χ3n) is 2.71. The van der Waals surface area contributed by atoms with Crippen LogP contribution in [0, 0.1) is 0 Å². The molecule has 0 aliphatic rings. The second-order valence-corrected chi connectivity index (χ2v) is 5.08. The van der Waals surface area contributed by atoms with E-state index < -0.39 is 11.9 Å². The van der Waals surface area contributed by atoms with Crippen LogP contribution in [0.25, 0.3) is 0 Å². The van der Waals surface area contributed by atoms with Gasteiger partial charge in [-0.3, -0.25) is 0 Å². The Morgan fingerprint density at radius 2 is 1.68 bits per heavy atom. The number of rotatable bonds is 4. The maximum atomic E-state index is 12.0. The van der Waals surface area contributed by atoms with Crippen molar-refractivity contribution in [2.24, 2.45) is 0 Å². The maximum absolute atomic E-state index is 12.0. The molecule has 22 heavy (non-hydrogen) atoms. The van der Waals surface area contributed by atoms with Crippen LogP contribution in [0.4, 0.5) is 0 Å². The van der Waals surface area contributed by atoms with Crippen LogP contribution in [0.1, 0.15) is 27.6 Å². The van der Waals surface area contributed by atoms with Crippen LogP contribution in [0.3, 0.4) is 0 Å². The Kier molecular flexibility index (Phi) is 5.41. The quantitative estimate of drug-likeness (QED) is 0.612. The number of benzene rings is 2. The van der Waals surface area contributed by atoms with Gasteiger partial charge in [-0.25, -0.2) is 9.59 Å². The molecule has 0 unspecified atom stereocenters. The number of ether oxygens (including phenoxy) is 2. The third kappa shape index (κ3) is 4.00. The van der Waals surface area contributed by atoms with Gasteiger partial charge in [0.2, 0.25) is 0 Å². The monoisotopic (exact) mass is 338 g/mol. The molecule has 0 aliphatic carbocycles. The minimum Gasteiger partial charge on any atom is -0.462 e. The summed E-state index contributed by atoms with van der Waals surface area (Å²) in [6.45, 7) is 1.98.